The molecule has 0 fully saturated rings. The predicted molar refractivity (Wildman–Crippen MR) is 69.7 cm³/mol. The van der Waals surface area contributed by atoms with Gasteiger partial charge in [-0.25, -0.2) is 4.79 Å². The van der Waals surface area contributed by atoms with E-state index in [-0.39, 0.29) is 17.2 Å². The van der Waals surface area contributed by atoms with Crippen LogP contribution >= 0.6 is 0 Å². The van der Waals surface area contributed by atoms with E-state index in [1.165, 1.54) is 6.07 Å². The van der Waals surface area contributed by atoms with E-state index in [0.29, 0.717) is 6.42 Å². The number of aryl methyl sites for hydroxylation is 1. The van der Waals surface area contributed by atoms with Crippen LogP contribution in [0.15, 0.2) is 18.2 Å². The lowest BCUT2D eigenvalue weighted by Gasteiger charge is -2.13. The van der Waals surface area contributed by atoms with Crippen molar-refractivity contribution < 1.29 is 14.7 Å². The number of anilines is 1. The van der Waals surface area contributed by atoms with Crippen LogP contribution in [0.25, 0.3) is 0 Å². The summed E-state index contributed by atoms with van der Waals surface area (Å²) in [4.78, 5) is 22.8. The Morgan fingerprint density at radius 3 is 2.67 bits per heavy atom. The molecule has 0 saturated carbocycles. The third-order valence-corrected chi connectivity index (χ3v) is 2.60. The molecule has 5 nitrogen and oxygen atoms in total. The van der Waals surface area contributed by atoms with Crippen LogP contribution in [0.2, 0.25) is 0 Å². The second-order valence-electron chi connectivity index (χ2n) is 4.24. The Balaban J connectivity index is 2.90. The lowest BCUT2D eigenvalue weighted by atomic mass is 10.1. The number of nitrogens with two attached hydrogens (primary N) is 1. The first-order valence-electron chi connectivity index (χ1n) is 5.86. The van der Waals surface area contributed by atoms with Gasteiger partial charge < -0.3 is 16.2 Å². The molecule has 0 bridgehead atoms. The molecule has 0 aliphatic heterocycles. The van der Waals surface area contributed by atoms with Crippen LogP contribution in [0.4, 0.5) is 5.69 Å². The maximum Gasteiger partial charge on any atom is 0.337 e. The molecule has 0 unspecified atom stereocenters. The largest absolute Gasteiger partial charge is 0.478 e. The number of nitrogens with one attached hydrogen (secondary N) is 1. The molecule has 1 rings (SSSR count). The van der Waals surface area contributed by atoms with Gasteiger partial charge in [-0.1, -0.05) is 25.0 Å². The van der Waals surface area contributed by atoms with Crippen molar-refractivity contribution >= 4 is 17.6 Å². The molecule has 1 atom stereocenters. The minimum absolute atomic E-state index is 0.0760. The van der Waals surface area contributed by atoms with Crippen molar-refractivity contribution in [3.63, 3.8) is 0 Å². The first-order valence-corrected chi connectivity index (χ1v) is 5.86. The minimum Gasteiger partial charge on any atom is -0.478 e. The summed E-state index contributed by atoms with van der Waals surface area (Å²) in [7, 11) is 0. The van der Waals surface area contributed by atoms with Gasteiger partial charge in [0.2, 0.25) is 5.91 Å². The molecule has 0 aliphatic carbocycles. The summed E-state index contributed by atoms with van der Waals surface area (Å²) >= 11 is 0. The van der Waals surface area contributed by atoms with Crippen LogP contribution in [0.5, 0.6) is 0 Å². The number of benzene rings is 1. The van der Waals surface area contributed by atoms with Gasteiger partial charge in [-0.2, -0.15) is 0 Å². The quantitative estimate of drug-likeness (QED) is 0.742. The fraction of sp³-hybridized carbons (Fsp3) is 0.385. The number of hydrogen-bond acceptors (Lipinski definition) is 3. The minimum atomic E-state index is -1.07. The highest BCUT2D eigenvalue weighted by atomic mass is 16.4. The summed E-state index contributed by atoms with van der Waals surface area (Å²) in [6, 6.07) is 4.23. The molecule has 0 heterocycles. The monoisotopic (exact) mass is 250 g/mol. The van der Waals surface area contributed by atoms with Crippen LogP contribution < -0.4 is 11.1 Å². The summed E-state index contributed by atoms with van der Waals surface area (Å²) in [5.74, 6) is -1.43. The van der Waals surface area contributed by atoms with Crippen molar-refractivity contribution in [2.75, 3.05) is 5.32 Å². The zero-order valence-electron chi connectivity index (χ0n) is 10.6. The number of rotatable bonds is 5. The molecular formula is C13H18N2O3. The zero-order chi connectivity index (χ0) is 13.7. The summed E-state index contributed by atoms with van der Waals surface area (Å²) < 4.78 is 0. The Morgan fingerprint density at radius 1 is 1.44 bits per heavy atom. The number of carbonyl (C=O) groups excluding carboxylic acids is 1. The van der Waals surface area contributed by atoms with Gasteiger partial charge in [0.25, 0.3) is 0 Å². The molecule has 1 amide bonds. The number of carboxylic acid groups (broad SMARTS) is 1. The second kappa shape index (κ2) is 6.16. The molecule has 0 saturated heterocycles. The second-order valence-corrected chi connectivity index (χ2v) is 4.24. The van der Waals surface area contributed by atoms with Gasteiger partial charge in [-0.3, -0.25) is 4.79 Å². The Kier molecular flexibility index (Phi) is 4.85. The maximum atomic E-state index is 11.7. The number of aromatic carboxylic acids is 1. The van der Waals surface area contributed by atoms with E-state index in [1.807, 2.05) is 6.92 Å². The smallest absolute Gasteiger partial charge is 0.337 e. The molecular weight excluding hydrogens is 232 g/mol. The molecule has 1 aromatic rings. The highest BCUT2D eigenvalue weighted by Crippen LogP contribution is 2.17. The first-order chi connectivity index (χ1) is 8.45. The van der Waals surface area contributed by atoms with Crippen LogP contribution in [-0.4, -0.2) is 23.0 Å². The molecule has 4 N–H and O–H groups in total. The fourth-order valence-corrected chi connectivity index (χ4v) is 1.61. The van der Waals surface area contributed by atoms with Gasteiger partial charge >= 0.3 is 5.97 Å². The van der Waals surface area contributed by atoms with Gasteiger partial charge in [0.05, 0.1) is 17.3 Å². The first kappa shape index (κ1) is 14.2. The van der Waals surface area contributed by atoms with Crippen LogP contribution in [-0.2, 0) is 4.79 Å². The van der Waals surface area contributed by atoms with Crippen molar-refractivity contribution in [2.45, 2.75) is 32.7 Å². The molecule has 0 aromatic heterocycles. The number of carboxylic acids is 1. The van der Waals surface area contributed by atoms with Crippen molar-refractivity contribution in [2.24, 2.45) is 5.73 Å². The van der Waals surface area contributed by atoms with Gasteiger partial charge in [0.15, 0.2) is 0 Å². The summed E-state index contributed by atoms with van der Waals surface area (Å²) in [6.07, 6.45) is 1.37. The summed E-state index contributed by atoms with van der Waals surface area (Å²) in [5, 5.41) is 11.6. The molecule has 0 radical (unpaired) electrons. The van der Waals surface area contributed by atoms with E-state index in [4.69, 9.17) is 10.8 Å². The molecule has 18 heavy (non-hydrogen) atoms. The topological polar surface area (TPSA) is 92.4 Å². The summed E-state index contributed by atoms with van der Waals surface area (Å²) in [5.41, 5.74) is 6.85. The number of carbonyl (C=O) groups is 2. The molecule has 5 heteroatoms. The van der Waals surface area contributed by atoms with E-state index in [2.05, 4.69) is 5.32 Å². The highest BCUT2D eigenvalue weighted by Gasteiger charge is 2.16. The van der Waals surface area contributed by atoms with Crippen LogP contribution in [0.3, 0.4) is 0 Å². The predicted octanol–water partition coefficient (Wildman–Crippen LogP) is 1.76. The Bertz CT molecular complexity index is 458. The Morgan fingerprint density at radius 2 is 2.11 bits per heavy atom. The standard InChI is InChI=1S/C13H18N2O3/c1-3-4-10(14)12(16)15-11-6-5-8(2)7-9(11)13(17)18/h5-7,10H,3-4,14H2,1-2H3,(H,15,16)(H,17,18)/t10-/m1/s1. The Labute approximate surface area is 106 Å². The lowest BCUT2D eigenvalue weighted by molar-refractivity contribution is -0.117. The van der Waals surface area contributed by atoms with Crippen molar-refractivity contribution in [1.82, 2.24) is 0 Å². The zero-order valence-corrected chi connectivity index (χ0v) is 10.6. The third kappa shape index (κ3) is 3.56. The lowest BCUT2D eigenvalue weighted by Crippen LogP contribution is -2.35. The average Bonchev–Trinajstić information content (AvgIpc) is 2.31. The molecule has 0 aliphatic rings. The highest BCUT2D eigenvalue weighted by molar-refractivity contribution is 6.02. The SMILES string of the molecule is CCC[C@@H](N)C(=O)Nc1ccc(C)cc1C(=O)O. The Hall–Kier alpha value is -1.88. The van der Waals surface area contributed by atoms with Crippen LogP contribution in [0, 0.1) is 6.92 Å². The van der Waals surface area contributed by atoms with Gasteiger partial charge in [0, 0.05) is 0 Å². The molecule has 0 spiro atoms. The molecule has 1 aromatic carbocycles. The normalized spacial score (nSPS) is 11.9. The third-order valence-electron chi connectivity index (χ3n) is 2.60. The van der Waals surface area contributed by atoms with E-state index < -0.39 is 12.0 Å². The molecule has 98 valence electrons. The number of hydrogen-bond donors (Lipinski definition) is 3. The van der Waals surface area contributed by atoms with Crippen LogP contribution in [0.1, 0.15) is 35.7 Å². The fourth-order valence-electron chi connectivity index (χ4n) is 1.61. The van der Waals surface area contributed by atoms with E-state index in [9.17, 15) is 9.59 Å². The van der Waals surface area contributed by atoms with E-state index in [1.54, 1.807) is 19.1 Å². The van der Waals surface area contributed by atoms with E-state index >= 15 is 0 Å². The summed E-state index contributed by atoms with van der Waals surface area (Å²) in [6.45, 7) is 3.72. The van der Waals surface area contributed by atoms with E-state index in [0.717, 1.165) is 12.0 Å². The van der Waals surface area contributed by atoms with Gasteiger partial charge in [0.1, 0.15) is 0 Å². The number of amides is 1. The van der Waals surface area contributed by atoms with Gasteiger partial charge in [-0.15, -0.1) is 0 Å². The van der Waals surface area contributed by atoms with Gasteiger partial charge in [-0.05, 0) is 25.5 Å². The van der Waals surface area contributed by atoms with Crippen molar-refractivity contribution in [3.8, 4) is 0 Å². The van der Waals surface area contributed by atoms with Crippen molar-refractivity contribution in [3.05, 3.63) is 29.3 Å². The van der Waals surface area contributed by atoms with Crippen molar-refractivity contribution in [1.29, 1.82) is 0 Å². The average molecular weight is 250 g/mol. The maximum absolute atomic E-state index is 11.7.